The van der Waals surface area contributed by atoms with E-state index in [4.69, 9.17) is 9.84 Å². The van der Waals surface area contributed by atoms with E-state index in [2.05, 4.69) is 26.0 Å². The van der Waals surface area contributed by atoms with Crippen molar-refractivity contribution in [2.45, 2.75) is 38.5 Å². The van der Waals surface area contributed by atoms with Crippen LogP contribution in [-0.2, 0) is 16.6 Å². The number of carboxylic acids is 1. The lowest BCUT2D eigenvalue weighted by molar-refractivity contribution is -0.138. The molecule has 0 saturated heterocycles. The van der Waals surface area contributed by atoms with Gasteiger partial charge in [-0.2, -0.15) is 0 Å². The van der Waals surface area contributed by atoms with Crippen molar-refractivity contribution < 1.29 is 14.6 Å². The summed E-state index contributed by atoms with van der Waals surface area (Å²) in [7, 11) is 1.66. The maximum absolute atomic E-state index is 11.0. The zero-order valence-electron chi connectivity index (χ0n) is 11.2. The number of benzene rings is 1. The molecule has 3 nitrogen and oxygen atoms in total. The first kappa shape index (κ1) is 12.9. The van der Waals surface area contributed by atoms with Crippen molar-refractivity contribution in [3.8, 4) is 5.75 Å². The molecule has 1 N–H and O–H groups in total. The second-order valence-corrected chi connectivity index (χ2v) is 5.58. The molecule has 0 heterocycles. The second kappa shape index (κ2) is 4.63. The smallest absolute Gasteiger partial charge is 0.303 e. The molecule has 1 aliphatic carbocycles. The number of ether oxygens (including phenoxy) is 1. The Bertz CT molecular complexity index is 463. The van der Waals surface area contributed by atoms with E-state index < -0.39 is 5.97 Å². The number of aryl methyl sites for hydroxylation is 1. The molecule has 0 aromatic heterocycles. The van der Waals surface area contributed by atoms with Crippen molar-refractivity contribution in [3.05, 3.63) is 29.3 Å². The summed E-state index contributed by atoms with van der Waals surface area (Å²) in [6.45, 7) is 4.27. The predicted octanol–water partition coefficient (Wildman–Crippen LogP) is 3.01. The molecule has 0 spiro atoms. The van der Waals surface area contributed by atoms with Gasteiger partial charge >= 0.3 is 5.97 Å². The van der Waals surface area contributed by atoms with Gasteiger partial charge in [-0.1, -0.05) is 19.9 Å². The molecule has 1 aromatic carbocycles. The third-order valence-electron chi connectivity index (χ3n) is 4.21. The van der Waals surface area contributed by atoms with Crippen LogP contribution in [0.2, 0.25) is 0 Å². The van der Waals surface area contributed by atoms with Crippen molar-refractivity contribution in [1.29, 1.82) is 0 Å². The standard InChI is InChI=1S/C15H20O3/c1-15(2)11(8-14(16)17)6-4-10-5-7-12(18-3)9-13(10)15/h5,7,9,11H,4,6,8H2,1-3H3,(H,16,17). The van der Waals surface area contributed by atoms with Crippen LogP contribution in [0.1, 0.15) is 37.8 Å². The van der Waals surface area contributed by atoms with Gasteiger partial charge in [0.2, 0.25) is 0 Å². The summed E-state index contributed by atoms with van der Waals surface area (Å²) in [6.07, 6.45) is 2.14. The molecule has 1 atom stereocenters. The molecule has 0 aliphatic heterocycles. The van der Waals surface area contributed by atoms with E-state index in [1.165, 1.54) is 11.1 Å². The zero-order chi connectivity index (χ0) is 13.3. The van der Waals surface area contributed by atoms with Crippen LogP contribution in [-0.4, -0.2) is 18.2 Å². The number of fused-ring (bicyclic) bond motifs is 1. The van der Waals surface area contributed by atoms with Crippen LogP contribution in [0.15, 0.2) is 18.2 Å². The molecule has 1 aromatic rings. The van der Waals surface area contributed by atoms with Gasteiger partial charge in [0, 0.05) is 6.42 Å². The number of rotatable bonds is 3. The van der Waals surface area contributed by atoms with Crippen LogP contribution >= 0.6 is 0 Å². The van der Waals surface area contributed by atoms with Crippen LogP contribution < -0.4 is 4.74 Å². The van der Waals surface area contributed by atoms with Crippen LogP contribution in [0.25, 0.3) is 0 Å². The van der Waals surface area contributed by atoms with Crippen molar-refractivity contribution >= 4 is 5.97 Å². The van der Waals surface area contributed by atoms with Crippen molar-refractivity contribution in [2.24, 2.45) is 5.92 Å². The van der Waals surface area contributed by atoms with Gasteiger partial charge in [0.1, 0.15) is 5.75 Å². The first-order valence-electron chi connectivity index (χ1n) is 6.34. The van der Waals surface area contributed by atoms with E-state index in [9.17, 15) is 4.79 Å². The zero-order valence-corrected chi connectivity index (χ0v) is 11.2. The van der Waals surface area contributed by atoms with Crippen LogP contribution in [0.3, 0.4) is 0 Å². The monoisotopic (exact) mass is 248 g/mol. The predicted molar refractivity (Wildman–Crippen MR) is 70.1 cm³/mol. The SMILES string of the molecule is COc1ccc2c(c1)C(C)(C)C(CC(=O)O)CC2. The number of hydrogen-bond donors (Lipinski definition) is 1. The van der Waals surface area contributed by atoms with E-state index >= 15 is 0 Å². The third-order valence-corrected chi connectivity index (χ3v) is 4.21. The second-order valence-electron chi connectivity index (χ2n) is 5.58. The molecular formula is C15H20O3. The summed E-state index contributed by atoms with van der Waals surface area (Å²) in [5, 5.41) is 9.02. The molecule has 98 valence electrons. The van der Waals surface area contributed by atoms with Crippen LogP contribution in [0.5, 0.6) is 5.75 Å². The fourth-order valence-corrected chi connectivity index (χ4v) is 2.98. The summed E-state index contributed by atoms with van der Waals surface area (Å²) in [5.41, 5.74) is 2.45. The quantitative estimate of drug-likeness (QED) is 0.894. The summed E-state index contributed by atoms with van der Waals surface area (Å²) >= 11 is 0. The highest BCUT2D eigenvalue weighted by Crippen LogP contribution is 2.43. The number of carboxylic acid groups (broad SMARTS) is 1. The Balaban J connectivity index is 2.39. The molecule has 0 amide bonds. The molecule has 0 fully saturated rings. The largest absolute Gasteiger partial charge is 0.497 e. The lowest BCUT2D eigenvalue weighted by Crippen LogP contribution is -2.35. The Morgan fingerprint density at radius 3 is 2.83 bits per heavy atom. The first-order chi connectivity index (χ1) is 8.45. The minimum atomic E-state index is -0.709. The molecule has 0 bridgehead atoms. The first-order valence-corrected chi connectivity index (χ1v) is 6.34. The van der Waals surface area contributed by atoms with E-state index in [0.717, 1.165) is 18.6 Å². The van der Waals surface area contributed by atoms with Gasteiger partial charge in [-0.25, -0.2) is 0 Å². The minimum Gasteiger partial charge on any atom is -0.497 e. The summed E-state index contributed by atoms with van der Waals surface area (Å²) in [5.74, 6) is 0.326. The maximum Gasteiger partial charge on any atom is 0.303 e. The van der Waals surface area contributed by atoms with Gasteiger partial charge in [0.15, 0.2) is 0 Å². The maximum atomic E-state index is 11.0. The lowest BCUT2D eigenvalue weighted by atomic mass is 9.64. The van der Waals surface area contributed by atoms with Gasteiger partial charge < -0.3 is 9.84 Å². The van der Waals surface area contributed by atoms with E-state index in [0.29, 0.717) is 0 Å². The van der Waals surface area contributed by atoms with Crippen molar-refractivity contribution in [1.82, 2.24) is 0 Å². The van der Waals surface area contributed by atoms with Gasteiger partial charge in [0.25, 0.3) is 0 Å². The number of carbonyl (C=O) groups is 1. The lowest BCUT2D eigenvalue weighted by Gasteiger charge is -2.40. The molecular weight excluding hydrogens is 228 g/mol. The molecule has 0 saturated carbocycles. The topological polar surface area (TPSA) is 46.5 Å². The number of hydrogen-bond acceptors (Lipinski definition) is 2. The average molecular weight is 248 g/mol. The van der Waals surface area contributed by atoms with Gasteiger partial charge in [-0.3, -0.25) is 4.79 Å². The Labute approximate surface area is 108 Å². The Morgan fingerprint density at radius 1 is 1.50 bits per heavy atom. The van der Waals surface area contributed by atoms with Gasteiger partial charge in [-0.15, -0.1) is 0 Å². The molecule has 18 heavy (non-hydrogen) atoms. The highest BCUT2D eigenvalue weighted by atomic mass is 16.5. The Morgan fingerprint density at radius 2 is 2.22 bits per heavy atom. The van der Waals surface area contributed by atoms with E-state index in [-0.39, 0.29) is 17.8 Å². The number of aliphatic carboxylic acids is 1. The normalized spacial score (nSPS) is 21.2. The highest BCUT2D eigenvalue weighted by molar-refractivity contribution is 5.67. The van der Waals surface area contributed by atoms with Crippen LogP contribution in [0.4, 0.5) is 0 Å². The third kappa shape index (κ3) is 2.22. The summed E-state index contributed by atoms with van der Waals surface area (Å²) < 4.78 is 5.27. The molecule has 1 unspecified atom stereocenters. The molecule has 0 radical (unpaired) electrons. The Kier molecular flexibility index (Phi) is 3.33. The van der Waals surface area contributed by atoms with Crippen molar-refractivity contribution in [2.75, 3.05) is 7.11 Å². The van der Waals surface area contributed by atoms with E-state index in [1.54, 1.807) is 7.11 Å². The van der Waals surface area contributed by atoms with Gasteiger partial charge in [-0.05, 0) is 47.4 Å². The van der Waals surface area contributed by atoms with Crippen molar-refractivity contribution in [3.63, 3.8) is 0 Å². The Hall–Kier alpha value is -1.51. The average Bonchev–Trinajstić information content (AvgIpc) is 2.32. The molecule has 3 heteroatoms. The summed E-state index contributed by atoms with van der Waals surface area (Å²) in [6, 6.07) is 6.14. The summed E-state index contributed by atoms with van der Waals surface area (Å²) in [4.78, 5) is 11.0. The fourth-order valence-electron chi connectivity index (χ4n) is 2.98. The minimum absolute atomic E-state index is 0.111. The highest BCUT2D eigenvalue weighted by Gasteiger charge is 2.37. The van der Waals surface area contributed by atoms with E-state index in [1.807, 2.05) is 6.07 Å². The molecule has 2 rings (SSSR count). The molecule has 1 aliphatic rings. The van der Waals surface area contributed by atoms with Gasteiger partial charge in [0.05, 0.1) is 7.11 Å². The number of methoxy groups -OCH3 is 1. The van der Waals surface area contributed by atoms with Crippen LogP contribution in [0, 0.1) is 5.92 Å². The fraction of sp³-hybridized carbons (Fsp3) is 0.533.